The van der Waals surface area contributed by atoms with E-state index in [1.807, 2.05) is 0 Å². The summed E-state index contributed by atoms with van der Waals surface area (Å²) in [6, 6.07) is 9.22. The predicted molar refractivity (Wildman–Crippen MR) is 96.8 cm³/mol. The zero-order valence-corrected chi connectivity index (χ0v) is 15.3. The van der Waals surface area contributed by atoms with Crippen molar-refractivity contribution in [2.75, 3.05) is 20.4 Å². The van der Waals surface area contributed by atoms with Gasteiger partial charge in [0.1, 0.15) is 0 Å². The van der Waals surface area contributed by atoms with Gasteiger partial charge in [-0.3, -0.25) is 18.7 Å². The summed E-state index contributed by atoms with van der Waals surface area (Å²) in [5.74, 6) is -0.692. The molecule has 0 amide bonds. The average molecular weight is 378 g/mol. The highest BCUT2D eigenvalue weighted by Gasteiger charge is 2.18. The second kappa shape index (κ2) is 8.71. The van der Waals surface area contributed by atoms with Crippen LogP contribution in [0.4, 0.5) is 0 Å². The molecule has 0 saturated heterocycles. The van der Waals surface area contributed by atoms with Crippen LogP contribution in [0.3, 0.4) is 0 Å². The van der Waals surface area contributed by atoms with Gasteiger partial charge in [-0.05, 0) is 12.1 Å². The van der Waals surface area contributed by atoms with E-state index in [-0.39, 0.29) is 18.3 Å². The fourth-order valence-electron chi connectivity index (χ4n) is 2.17. The van der Waals surface area contributed by atoms with Crippen LogP contribution >= 0.6 is 7.60 Å². The molecule has 0 aliphatic heterocycles. The molecular formula is C17H19N2O6P. The van der Waals surface area contributed by atoms with Crippen molar-refractivity contribution >= 4 is 13.5 Å². The lowest BCUT2D eigenvalue weighted by Crippen LogP contribution is -2.43. The van der Waals surface area contributed by atoms with Gasteiger partial charge in [0.15, 0.2) is 0 Å². The Labute approximate surface area is 149 Å². The van der Waals surface area contributed by atoms with E-state index in [0.717, 1.165) is 6.07 Å². The molecule has 1 aromatic heterocycles. The van der Waals surface area contributed by atoms with E-state index in [1.54, 1.807) is 30.4 Å². The molecule has 0 atom stereocenters. The standard InChI is InChI=1S/C17H19N2O6P/c1-24-26(23,25-2)13-7-6-11-18-12-10-15(20)19(17(18)22)16(21)14-8-4-3-5-9-14/h3-10,12H,11,13H2,1-2H3/b7-6-. The molecular weight excluding hydrogens is 359 g/mol. The first-order valence-corrected chi connectivity index (χ1v) is 9.42. The van der Waals surface area contributed by atoms with Crippen molar-refractivity contribution in [3.63, 3.8) is 0 Å². The fourth-order valence-corrected chi connectivity index (χ4v) is 3.02. The molecule has 0 N–H and O–H groups in total. The van der Waals surface area contributed by atoms with E-state index in [0.29, 0.717) is 4.57 Å². The van der Waals surface area contributed by atoms with Gasteiger partial charge in [-0.2, -0.15) is 4.57 Å². The molecule has 0 aliphatic carbocycles. The zero-order chi connectivity index (χ0) is 19.2. The smallest absolute Gasteiger partial charge is 0.312 e. The second-order valence-electron chi connectivity index (χ2n) is 5.23. The SMILES string of the molecule is COP(=O)(C/C=C\Cn1ccc(=O)n(C(=O)c2ccccc2)c1=O)OC. The molecule has 9 heteroatoms. The highest BCUT2D eigenvalue weighted by atomic mass is 31.2. The van der Waals surface area contributed by atoms with Gasteiger partial charge in [0, 0.05) is 38.6 Å². The predicted octanol–water partition coefficient (Wildman–Crippen LogP) is 1.74. The van der Waals surface area contributed by atoms with E-state index >= 15 is 0 Å². The van der Waals surface area contributed by atoms with Crippen LogP contribution in [-0.2, 0) is 20.2 Å². The summed E-state index contributed by atoms with van der Waals surface area (Å²) >= 11 is 0. The van der Waals surface area contributed by atoms with Crippen LogP contribution in [0.2, 0.25) is 0 Å². The van der Waals surface area contributed by atoms with Crippen LogP contribution in [0.25, 0.3) is 0 Å². The molecule has 1 heterocycles. The van der Waals surface area contributed by atoms with Gasteiger partial charge in [0.05, 0.1) is 6.16 Å². The third-order valence-corrected chi connectivity index (χ3v) is 5.40. The Bertz CT molecular complexity index is 953. The van der Waals surface area contributed by atoms with Gasteiger partial charge in [0.25, 0.3) is 11.5 Å². The van der Waals surface area contributed by atoms with Crippen molar-refractivity contribution in [3.05, 3.63) is 81.1 Å². The molecule has 1 aromatic carbocycles. The van der Waals surface area contributed by atoms with Crippen molar-refractivity contribution in [2.45, 2.75) is 6.54 Å². The van der Waals surface area contributed by atoms with E-state index in [9.17, 15) is 18.9 Å². The third kappa shape index (κ3) is 4.54. The zero-order valence-electron chi connectivity index (χ0n) is 14.4. The van der Waals surface area contributed by atoms with E-state index in [4.69, 9.17) is 9.05 Å². The fraction of sp³-hybridized carbons (Fsp3) is 0.235. The summed E-state index contributed by atoms with van der Waals surface area (Å²) in [5, 5.41) is 0. The molecule has 0 radical (unpaired) electrons. The number of nitrogens with zero attached hydrogens (tertiary/aromatic N) is 2. The Balaban J connectivity index is 2.25. The minimum Gasteiger partial charge on any atom is -0.312 e. The van der Waals surface area contributed by atoms with Gasteiger partial charge in [-0.15, -0.1) is 0 Å². The van der Waals surface area contributed by atoms with Crippen molar-refractivity contribution in [2.24, 2.45) is 0 Å². The maximum atomic E-state index is 12.5. The number of hydrogen-bond donors (Lipinski definition) is 0. The molecule has 2 aromatic rings. The van der Waals surface area contributed by atoms with E-state index < -0.39 is 24.8 Å². The maximum Gasteiger partial charge on any atom is 0.338 e. The topological polar surface area (TPSA) is 96.6 Å². The second-order valence-corrected chi connectivity index (χ2v) is 7.54. The average Bonchev–Trinajstić information content (AvgIpc) is 2.67. The van der Waals surface area contributed by atoms with Crippen LogP contribution in [0.15, 0.2) is 64.3 Å². The number of carbonyl (C=O) groups excluding carboxylic acids is 1. The quantitative estimate of drug-likeness (QED) is 0.538. The summed E-state index contributed by atoms with van der Waals surface area (Å²) in [6.07, 6.45) is 4.47. The van der Waals surface area contributed by atoms with Crippen molar-refractivity contribution in [3.8, 4) is 0 Å². The number of hydrogen-bond acceptors (Lipinski definition) is 6. The third-order valence-electron chi connectivity index (χ3n) is 3.63. The minimum atomic E-state index is -3.17. The van der Waals surface area contributed by atoms with E-state index in [2.05, 4.69) is 0 Å². The first-order chi connectivity index (χ1) is 12.4. The van der Waals surface area contributed by atoms with Crippen molar-refractivity contribution in [1.29, 1.82) is 0 Å². The Morgan fingerprint density at radius 3 is 2.35 bits per heavy atom. The highest BCUT2D eigenvalue weighted by Crippen LogP contribution is 2.46. The first kappa shape index (κ1) is 19.8. The molecule has 8 nitrogen and oxygen atoms in total. The van der Waals surface area contributed by atoms with Crippen LogP contribution in [-0.4, -0.2) is 35.4 Å². The highest BCUT2D eigenvalue weighted by molar-refractivity contribution is 7.54. The largest absolute Gasteiger partial charge is 0.338 e. The van der Waals surface area contributed by atoms with Crippen LogP contribution in [0.1, 0.15) is 10.4 Å². The van der Waals surface area contributed by atoms with Crippen molar-refractivity contribution in [1.82, 2.24) is 9.13 Å². The molecule has 26 heavy (non-hydrogen) atoms. The lowest BCUT2D eigenvalue weighted by molar-refractivity contribution is 0.0948. The van der Waals surface area contributed by atoms with Gasteiger partial charge < -0.3 is 9.05 Å². The maximum absolute atomic E-state index is 12.5. The molecule has 138 valence electrons. The molecule has 0 unspecified atom stereocenters. The monoisotopic (exact) mass is 378 g/mol. The lowest BCUT2D eigenvalue weighted by atomic mass is 10.2. The molecule has 0 saturated carbocycles. The summed E-state index contributed by atoms with van der Waals surface area (Å²) in [6.45, 7) is 0.0919. The number of aromatic nitrogens is 2. The number of benzene rings is 1. The Hall–Kier alpha value is -2.54. The normalized spacial score (nSPS) is 11.8. The number of rotatable bonds is 7. The van der Waals surface area contributed by atoms with Crippen LogP contribution < -0.4 is 11.2 Å². The van der Waals surface area contributed by atoms with Gasteiger partial charge in [-0.25, -0.2) is 4.79 Å². The summed E-state index contributed by atoms with van der Waals surface area (Å²) < 4.78 is 23.3. The molecule has 0 fully saturated rings. The van der Waals surface area contributed by atoms with Crippen LogP contribution in [0.5, 0.6) is 0 Å². The number of allylic oxidation sites excluding steroid dienone is 2. The minimum absolute atomic E-state index is 0.0390. The first-order valence-electron chi connectivity index (χ1n) is 7.69. The summed E-state index contributed by atoms with van der Waals surface area (Å²) in [4.78, 5) is 36.9. The van der Waals surface area contributed by atoms with E-state index in [1.165, 1.54) is 37.1 Å². The van der Waals surface area contributed by atoms with Gasteiger partial charge >= 0.3 is 13.3 Å². The van der Waals surface area contributed by atoms with Crippen LogP contribution in [0, 0.1) is 0 Å². The summed E-state index contributed by atoms with van der Waals surface area (Å²) in [5.41, 5.74) is -1.22. The lowest BCUT2D eigenvalue weighted by Gasteiger charge is -2.10. The number of carbonyl (C=O) groups is 1. The Morgan fingerprint density at radius 1 is 1.08 bits per heavy atom. The summed E-state index contributed by atoms with van der Waals surface area (Å²) in [7, 11) is -0.600. The Kier molecular flexibility index (Phi) is 6.63. The molecule has 2 rings (SSSR count). The molecule has 0 spiro atoms. The van der Waals surface area contributed by atoms with Gasteiger partial charge in [-0.1, -0.05) is 30.4 Å². The Morgan fingerprint density at radius 2 is 1.73 bits per heavy atom. The van der Waals surface area contributed by atoms with Gasteiger partial charge in [0.2, 0.25) is 0 Å². The molecule has 0 aliphatic rings. The molecule has 0 bridgehead atoms. The van der Waals surface area contributed by atoms with Crippen molar-refractivity contribution < 1.29 is 18.4 Å².